The van der Waals surface area contributed by atoms with E-state index in [1.54, 1.807) is 0 Å². The van der Waals surface area contributed by atoms with Crippen LogP contribution in [0.25, 0.3) is 0 Å². The van der Waals surface area contributed by atoms with Crippen LogP contribution in [0.4, 0.5) is 13.2 Å². The second-order valence-electron chi connectivity index (χ2n) is 1.01. The Balaban J connectivity index is 0. The molecule has 3 N–H and O–H groups in total. The van der Waals surface area contributed by atoms with Crippen LogP contribution in [0.1, 0.15) is 6.92 Å². The molecule has 1 atom stereocenters. The third-order valence-electron chi connectivity index (χ3n) is 0.347. The van der Waals surface area contributed by atoms with E-state index in [1.807, 2.05) is 0 Å². The van der Waals surface area contributed by atoms with Crippen molar-refractivity contribution in [1.82, 2.24) is 6.15 Å². The number of halogens is 3. The molecule has 0 saturated carbocycles. The molecule has 0 aromatic carbocycles. The van der Waals surface area contributed by atoms with Crippen molar-refractivity contribution in [3.8, 4) is 0 Å². The zero-order valence-corrected chi connectivity index (χ0v) is 4.00. The number of hydrogen-bond donors (Lipinski definition) is 1. The average Bonchev–Trinajstić information content (AvgIpc) is 1.36. The van der Waals surface area contributed by atoms with Crippen molar-refractivity contribution in [2.75, 3.05) is 0 Å². The number of hydrogen-bond acceptors (Lipinski definition) is 1. The molecule has 0 aliphatic rings. The zero-order valence-electron chi connectivity index (χ0n) is 4.00. The maximum absolute atomic E-state index is 11.1. The fourth-order valence-electron chi connectivity index (χ4n) is 0. The van der Waals surface area contributed by atoms with E-state index in [-0.39, 0.29) is 6.15 Å². The van der Waals surface area contributed by atoms with Crippen LogP contribution in [0.15, 0.2) is 0 Å². The molecule has 0 aromatic heterocycles. The molecule has 0 radical (unpaired) electrons. The third-order valence-corrected chi connectivity index (χ3v) is 0.347. The topological polar surface area (TPSA) is 35.0 Å². The molecule has 46 valence electrons. The van der Waals surface area contributed by atoms with E-state index in [1.165, 1.54) is 0 Å². The van der Waals surface area contributed by atoms with Gasteiger partial charge < -0.3 is 6.15 Å². The summed E-state index contributed by atoms with van der Waals surface area (Å²) in [4.78, 5) is 0. The van der Waals surface area contributed by atoms with Crippen LogP contribution in [0.3, 0.4) is 0 Å². The molecular formula is C3H8F3N. The molecule has 1 nitrogen and oxygen atoms in total. The van der Waals surface area contributed by atoms with Crippen molar-refractivity contribution >= 4 is 0 Å². The maximum Gasteiger partial charge on any atom is 0.269 e. The fourth-order valence-corrected chi connectivity index (χ4v) is 0. The number of rotatable bonds is 1. The molecular weight excluding hydrogens is 107 g/mol. The molecule has 0 saturated heterocycles. The predicted octanol–water partition coefficient (Wildman–Crippen LogP) is 1.77. The highest BCUT2D eigenvalue weighted by Crippen LogP contribution is 2.01. The van der Waals surface area contributed by atoms with Gasteiger partial charge in [-0.05, 0) is 6.92 Å². The summed E-state index contributed by atoms with van der Waals surface area (Å²) in [5, 5.41) is 0. The molecule has 0 heterocycles. The summed E-state index contributed by atoms with van der Waals surface area (Å²) in [6.45, 7) is 0.824. The largest absolute Gasteiger partial charge is 0.344 e. The Morgan fingerprint density at radius 3 is 1.29 bits per heavy atom. The van der Waals surface area contributed by atoms with E-state index < -0.39 is 12.6 Å². The van der Waals surface area contributed by atoms with Crippen molar-refractivity contribution < 1.29 is 13.2 Å². The molecule has 0 aromatic rings. The summed E-state index contributed by atoms with van der Waals surface area (Å²) in [5.74, 6) is 0. The van der Waals surface area contributed by atoms with Crippen LogP contribution in [0.5, 0.6) is 0 Å². The SMILES string of the molecule is CC(F)C(F)F.N. The zero-order chi connectivity index (χ0) is 5.15. The molecule has 1 unspecified atom stereocenters. The molecule has 0 aliphatic heterocycles. The van der Waals surface area contributed by atoms with Crippen LogP contribution in [0.2, 0.25) is 0 Å². The summed E-state index contributed by atoms with van der Waals surface area (Å²) >= 11 is 0. The third kappa shape index (κ3) is 5.75. The van der Waals surface area contributed by atoms with E-state index in [4.69, 9.17) is 0 Å². The first kappa shape index (κ1) is 9.89. The highest BCUT2D eigenvalue weighted by atomic mass is 19.3. The van der Waals surface area contributed by atoms with Gasteiger partial charge in [-0.1, -0.05) is 0 Å². The van der Waals surface area contributed by atoms with Crippen molar-refractivity contribution in [2.24, 2.45) is 0 Å². The van der Waals surface area contributed by atoms with Gasteiger partial charge in [0, 0.05) is 0 Å². The van der Waals surface area contributed by atoms with E-state index in [9.17, 15) is 13.2 Å². The van der Waals surface area contributed by atoms with Gasteiger partial charge >= 0.3 is 0 Å². The van der Waals surface area contributed by atoms with Crippen molar-refractivity contribution in [3.63, 3.8) is 0 Å². The Hall–Kier alpha value is -0.250. The van der Waals surface area contributed by atoms with Gasteiger partial charge in [-0.15, -0.1) is 0 Å². The van der Waals surface area contributed by atoms with Crippen LogP contribution in [0, 0.1) is 0 Å². The first-order valence-electron chi connectivity index (χ1n) is 1.57. The van der Waals surface area contributed by atoms with Crippen molar-refractivity contribution in [2.45, 2.75) is 19.5 Å². The van der Waals surface area contributed by atoms with Gasteiger partial charge in [0.1, 0.15) is 0 Å². The van der Waals surface area contributed by atoms with Crippen LogP contribution in [-0.4, -0.2) is 12.6 Å². The van der Waals surface area contributed by atoms with Gasteiger partial charge in [-0.3, -0.25) is 0 Å². The van der Waals surface area contributed by atoms with Gasteiger partial charge in [0.15, 0.2) is 6.17 Å². The first-order valence-corrected chi connectivity index (χ1v) is 1.57. The van der Waals surface area contributed by atoms with Crippen LogP contribution in [-0.2, 0) is 0 Å². The highest BCUT2D eigenvalue weighted by Gasteiger charge is 2.10. The molecule has 7 heavy (non-hydrogen) atoms. The normalized spacial score (nSPS) is 13.3. The monoisotopic (exact) mass is 115 g/mol. The Morgan fingerprint density at radius 2 is 1.29 bits per heavy atom. The second kappa shape index (κ2) is 3.92. The molecule has 0 aliphatic carbocycles. The summed E-state index contributed by atoms with van der Waals surface area (Å²) in [6.07, 6.45) is -4.80. The van der Waals surface area contributed by atoms with E-state index >= 15 is 0 Å². The second-order valence-corrected chi connectivity index (χ2v) is 1.01. The van der Waals surface area contributed by atoms with Gasteiger partial charge in [0.05, 0.1) is 0 Å². The summed E-state index contributed by atoms with van der Waals surface area (Å²) in [7, 11) is 0. The molecule has 0 fully saturated rings. The smallest absolute Gasteiger partial charge is 0.269 e. The minimum absolute atomic E-state index is 0. The molecule has 0 bridgehead atoms. The fraction of sp³-hybridized carbons (Fsp3) is 1.00. The van der Waals surface area contributed by atoms with Gasteiger partial charge in [-0.25, -0.2) is 13.2 Å². The Labute approximate surface area is 40.1 Å². The number of alkyl halides is 3. The lowest BCUT2D eigenvalue weighted by Gasteiger charge is -1.93. The van der Waals surface area contributed by atoms with Crippen LogP contribution >= 0.6 is 0 Å². The minimum atomic E-state index is -2.81. The summed E-state index contributed by atoms with van der Waals surface area (Å²) in [5.41, 5.74) is 0. The standard InChI is InChI=1S/C3H5F3.H3N/c1-2(4)3(5)6;/h2-3H,1H3;1H3. The van der Waals surface area contributed by atoms with Crippen molar-refractivity contribution in [3.05, 3.63) is 0 Å². The quantitative estimate of drug-likeness (QED) is 0.555. The lowest BCUT2D eigenvalue weighted by Crippen LogP contribution is -2.04. The highest BCUT2D eigenvalue weighted by molar-refractivity contribution is 4.45. The minimum Gasteiger partial charge on any atom is -0.344 e. The molecule has 0 rings (SSSR count). The Bertz CT molecular complexity index is 31.2. The Kier molecular flexibility index (Phi) is 5.54. The first-order chi connectivity index (χ1) is 2.64. The molecule has 0 amide bonds. The van der Waals surface area contributed by atoms with Gasteiger partial charge in [-0.2, -0.15) is 0 Å². The maximum atomic E-state index is 11.1. The van der Waals surface area contributed by atoms with E-state index in [0.29, 0.717) is 0 Å². The average molecular weight is 115 g/mol. The summed E-state index contributed by atoms with van der Waals surface area (Å²) < 4.78 is 32.6. The Morgan fingerprint density at radius 1 is 1.14 bits per heavy atom. The molecule has 0 spiro atoms. The van der Waals surface area contributed by atoms with Gasteiger partial charge in [0.2, 0.25) is 0 Å². The summed E-state index contributed by atoms with van der Waals surface area (Å²) in [6, 6.07) is 0. The lowest BCUT2D eigenvalue weighted by atomic mass is 10.5. The predicted molar refractivity (Wildman–Crippen MR) is 21.6 cm³/mol. The van der Waals surface area contributed by atoms with Crippen LogP contribution < -0.4 is 6.15 Å². The molecule has 4 heteroatoms. The lowest BCUT2D eigenvalue weighted by molar-refractivity contribution is 0.0603. The van der Waals surface area contributed by atoms with E-state index in [2.05, 4.69) is 0 Å². The van der Waals surface area contributed by atoms with Gasteiger partial charge in [0.25, 0.3) is 6.43 Å². The van der Waals surface area contributed by atoms with Crippen molar-refractivity contribution in [1.29, 1.82) is 0 Å². The van der Waals surface area contributed by atoms with E-state index in [0.717, 1.165) is 6.92 Å².